The molecule has 1 aliphatic carbocycles. The van der Waals surface area contributed by atoms with Crippen LogP contribution in [0.15, 0.2) is 11.6 Å². The fourth-order valence-corrected chi connectivity index (χ4v) is 3.30. The first-order valence-corrected chi connectivity index (χ1v) is 8.18. The van der Waals surface area contributed by atoms with E-state index in [-0.39, 0.29) is 12.0 Å². The maximum atomic E-state index is 10.5. The molecule has 0 aromatic carbocycles. The van der Waals surface area contributed by atoms with Gasteiger partial charge in [-0.05, 0) is 0 Å². The van der Waals surface area contributed by atoms with Crippen molar-refractivity contribution in [1.29, 1.82) is 5.26 Å². The molecule has 0 aromatic rings. The standard InChI is InChI=1S/C16H25NO9/c1-23-9-5-8(7(3-4-17)11(19)15(9)24-2)25-16-14(22)13(21)12(20)10(6-18)26-16/h3,8-16,18-22H,5-6H2,1-2H3/b7-3-/t8-,9+,10-,11+,12-,13+,14-,15+,16-/m1/s1. The predicted octanol–water partition coefficient (Wildman–Crippen LogP) is -2.58. The summed E-state index contributed by atoms with van der Waals surface area (Å²) in [5.41, 5.74) is 0.213. The molecule has 0 spiro atoms. The third kappa shape index (κ3) is 4.07. The maximum Gasteiger partial charge on any atom is 0.187 e. The highest BCUT2D eigenvalue weighted by Gasteiger charge is 2.48. The summed E-state index contributed by atoms with van der Waals surface area (Å²) in [5.74, 6) is 0. The van der Waals surface area contributed by atoms with Gasteiger partial charge in [0, 0.05) is 32.3 Å². The van der Waals surface area contributed by atoms with Crippen molar-refractivity contribution in [3.05, 3.63) is 11.6 Å². The lowest BCUT2D eigenvalue weighted by Gasteiger charge is -2.44. The summed E-state index contributed by atoms with van der Waals surface area (Å²) in [4.78, 5) is 0. The molecule has 1 saturated carbocycles. The summed E-state index contributed by atoms with van der Waals surface area (Å²) in [7, 11) is 2.84. The molecule has 2 fully saturated rings. The van der Waals surface area contributed by atoms with Crippen LogP contribution in [0.4, 0.5) is 0 Å². The number of methoxy groups -OCH3 is 2. The smallest absolute Gasteiger partial charge is 0.187 e. The zero-order valence-corrected chi connectivity index (χ0v) is 14.5. The van der Waals surface area contributed by atoms with Gasteiger partial charge in [-0.15, -0.1) is 0 Å². The normalized spacial score (nSPS) is 45.5. The second-order valence-corrected chi connectivity index (χ2v) is 6.25. The van der Waals surface area contributed by atoms with Crippen LogP contribution in [0.2, 0.25) is 0 Å². The van der Waals surface area contributed by atoms with Crippen LogP contribution in [0.1, 0.15) is 6.42 Å². The Bertz CT molecular complexity index is 534. The topological polar surface area (TPSA) is 162 Å². The molecule has 2 rings (SSSR count). The number of ether oxygens (including phenoxy) is 4. The second-order valence-electron chi connectivity index (χ2n) is 6.25. The van der Waals surface area contributed by atoms with Crippen molar-refractivity contribution in [2.24, 2.45) is 0 Å². The number of nitrogens with zero attached hydrogens (tertiary/aromatic N) is 1. The summed E-state index contributed by atoms with van der Waals surface area (Å²) in [6.07, 6.45) is -9.22. The molecule has 1 heterocycles. The van der Waals surface area contributed by atoms with Crippen LogP contribution < -0.4 is 0 Å². The van der Waals surface area contributed by atoms with Gasteiger partial charge < -0.3 is 44.5 Å². The molecule has 0 unspecified atom stereocenters. The second kappa shape index (κ2) is 9.18. The Kier molecular flexibility index (Phi) is 7.48. The van der Waals surface area contributed by atoms with Crippen molar-refractivity contribution in [1.82, 2.24) is 0 Å². The fourth-order valence-electron chi connectivity index (χ4n) is 3.30. The monoisotopic (exact) mass is 375 g/mol. The van der Waals surface area contributed by atoms with Crippen LogP contribution in [0, 0.1) is 11.3 Å². The van der Waals surface area contributed by atoms with E-state index in [4.69, 9.17) is 24.2 Å². The average Bonchev–Trinajstić information content (AvgIpc) is 2.64. The highest BCUT2D eigenvalue weighted by molar-refractivity contribution is 5.26. The van der Waals surface area contributed by atoms with Gasteiger partial charge in [0.15, 0.2) is 6.29 Å². The first-order chi connectivity index (χ1) is 12.4. The van der Waals surface area contributed by atoms with Crippen LogP contribution in [-0.2, 0) is 18.9 Å². The summed E-state index contributed by atoms with van der Waals surface area (Å²) in [6.45, 7) is -0.592. The van der Waals surface area contributed by atoms with Crippen LogP contribution in [0.25, 0.3) is 0 Å². The number of aliphatic hydroxyl groups excluding tert-OH is 5. The van der Waals surface area contributed by atoms with Gasteiger partial charge in [0.05, 0.1) is 24.9 Å². The highest BCUT2D eigenvalue weighted by atomic mass is 16.7. The molecule has 26 heavy (non-hydrogen) atoms. The van der Waals surface area contributed by atoms with Crippen LogP contribution >= 0.6 is 0 Å². The highest BCUT2D eigenvalue weighted by Crippen LogP contribution is 2.33. The largest absolute Gasteiger partial charge is 0.394 e. The number of hydrogen-bond acceptors (Lipinski definition) is 10. The molecule has 148 valence electrons. The molecule has 1 saturated heterocycles. The summed E-state index contributed by atoms with van der Waals surface area (Å²) >= 11 is 0. The lowest BCUT2D eigenvalue weighted by atomic mass is 9.84. The number of rotatable bonds is 5. The van der Waals surface area contributed by atoms with E-state index < -0.39 is 61.7 Å². The van der Waals surface area contributed by atoms with Gasteiger partial charge in [-0.1, -0.05) is 0 Å². The van der Waals surface area contributed by atoms with E-state index in [1.807, 2.05) is 6.07 Å². The molecular weight excluding hydrogens is 350 g/mol. The van der Waals surface area contributed by atoms with E-state index in [1.54, 1.807) is 0 Å². The molecule has 0 aromatic heterocycles. The third-order valence-corrected chi connectivity index (χ3v) is 4.79. The molecule has 0 amide bonds. The molecular formula is C16H25NO9. The van der Waals surface area contributed by atoms with Gasteiger partial charge in [-0.3, -0.25) is 0 Å². The lowest BCUT2D eigenvalue weighted by molar-refractivity contribution is -0.312. The van der Waals surface area contributed by atoms with E-state index in [2.05, 4.69) is 0 Å². The first-order valence-electron chi connectivity index (χ1n) is 8.18. The minimum atomic E-state index is -1.59. The van der Waals surface area contributed by atoms with Crippen LogP contribution in [0.3, 0.4) is 0 Å². The van der Waals surface area contributed by atoms with E-state index in [0.717, 1.165) is 6.08 Å². The Morgan fingerprint density at radius 3 is 2.38 bits per heavy atom. The Hall–Kier alpha value is -1.13. The zero-order chi connectivity index (χ0) is 19.4. The average molecular weight is 375 g/mol. The number of aliphatic hydroxyl groups is 5. The van der Waals surface area contributed by atoms with Crippen molar-refractivity contribution in [2.75, 3.05) is 20.8 Å². The van der Waals surface area contributed by atoms with E-state index in [9.17, 15) is 25.5 Å². The molecule has 2 aliphatic rings. The summed E-state index contributed by atoms with van der Waals surface area (Å²) in [6, 6.07) is 1.83. The van der Waals surface area contributed by atoms with Gasteiger partial charge in [0.25, 0.3) is 0 Å². The van der Waals surface area contributed by atoms with Crippen LogP contribution in [0.5, 0.6) is 0 Å². The molecule has 0 radical (unpaired) electrons. The minimum Gasteiger partial charge on any atom is -0.394 e. The van der Waals surface area contributed by atoms with Gasteiger partial charge in [-0.25, -0.2) is 0 Å². The maximum absolute atomic E-state index is 10.5. The fraction of sp³-hybridized carbons (Fsp3) is 0.812. The number of allylic oxidation sites excluding steroid dienone is 1. The molecule has 9 atom stereocenters. The van der Waals surface area contributed by atoms with Crippen molar-refractivity contribution < 1.29 is 44.5 Å². The Morgan fingerprint density at radius 2 is 1.85 bits per heavy atom. The van der Waals surface area contributed by atoms with E-state index in [1.165, 1.54) is 14.2 Å². The first kappa shape index (κ1) is 21.2. The molecule has 1 aliphatic heterocycles. The molecule has 10 nitrogen and oxygen atoms in total. The number of hydrogen-bond donors (Lipinski definition) is 5. The minimum absolute atomic E-state index is 0.189. The quantitative estimate of drug-likeness (QED) is 0.323. The van der Waals surface area contributed by atoms with E-state index in [0.29, 0.717) is 0 Å². The van der Waals surface area contributed by atoms with Crippen molar-refractivity contribution >= 4 is 0 Å². The SMILES string of the molecule is CO[C@H]1[C@@H](OC)C[C@@H](O[C@@H]2O[C@H](CO)[C@@H](O)[C@H](O)[C@H]2O)/C(=C/C#N)[C@@H]1O. The Morgan fingerprint density at radius 1 is 1.15 bits per heavy atom. The van der Waals surface area contributed by atoms with Crippen molar-refractivity contribution in [3.63, 3.8) is 0 Å². The Labute approximate surface area is 150 Å². The van der Waals surface area contributed by atoms with Crippen molar-refractivity contribution in [2.45, 2.75) is 61.5 Å². The predicted molar refractivity (Wildman–Crippen MR) is 84.6 cm³/mol. The third-order valence-electron chi connectivity index (χ3n) is 4.79. The van der Waals surface area contributed by atoms with Gasteiger partial charge in [0.1, 0.15) is 36.6 Å². The molecule has 5 N–H and O–H groups in total. The van der Waals surface area contributed by atoms with Gasteiger partial charge in [0.2, 0.25) is 0 Å². The zero-order valence-electron chi connectivity index (χ0n) is 14.5. The lowest BCUT2D eigenvalue weighted by Crippen LogP contribution is -2.60. The Balaban J connectivity index is 2.22. The number of nitriles is 1. The van der Waals surface area contributed by atoms with Gasteiger partial charge in [-0.2, -0.15) is 5.26 Å². The van der Waals surface area contributed by atoms with Crippen LogP contribution in [-0.4, -0.2) is 101 Å². The molecule has 0 bridgehead atoms. The van der Waals surface area contributed by atoms with Crippen molar-refractivity contribution in [3.8, 4) is 6.07 Å². The summed E-state index contributed by atoms with van der Waals surface area (Å²) in [5, 5.41) is 58.5. The van der Waals surface area contributed by atoms with Gasteiger partial charge >= 0.3 is 0 Å². The van der Waals surface area contributed by atoms with E-state index >= 15 is 0 Å². The summed E-state index contributed by atoms with van der Waals surface area (Å²) < 4.78 is 21.6. The molecule has 10 heteroatoms.